The Balaban J connectivity index is 1.67. The van der Waals surface area contributed by atoms with Crippen LogP contribution in [-0.2, 0) is 6.54 Å². The highest BCUT2D eigenvalue weighted by Gasteiger charge is 2.34. The Morgan fingerprint density at radius 2 is 2.22 bits per heavy atom. The molecule has 2 aromatic rings. The molecule has 0 fully saturated rings. The summed E-state index contributed by atoms with van der Waals surface area (Å²) in [6, 6.07) is 7.64. The molecule has 2 N–H and O–H groups in total. The van der Waals surface area contributed by atoms with Crippen LogP contribution >= 0.6 is 11.3 Å². The number of amides is 2. The van der Waals surface area contributed by atoms with Crippen molar-refractivity contribution in [1.82, 2.24) is 15.6 Å². The third kappa shape index (κ3) is 3.64. The van der Waals surface area contributed by atoms with Crippen molar-refractivity contribution in [3.8, 4) is 5.75 Å². The van der Waals surface area contributed by atoms with E-state index >= 15 is 0 Å². The van der Waals surface area contributed by atoms with E-state index in [9.17, 15) is 4.79 Å². The zero-order valence-electron chi connectivity index (χ0n) is 13.6. The maximum atomic E-state index is 12.3. The van der Waals surface area contributed by atoms with Gasteiger partial charge in [0.2, 0.25) is 0 Å². The molecule has 0 saturated heterocycles. The van der Waals surface area contributed by atoms with E-state index in [1.807, 2.05) is 45.0 Å². The van der Waals surface area contributed by atoms with E-state index < -0.39 is 0 Å². The van der Waals surface area contributed by atoms with Crippen LogP contribution in [0, 0.1) is 6.92 Å². The Labute approximate surface area is 140 Å². The van der Waals surface area contributed by atoms with Crippen molar-refractivity contribution in [3.05, 3.63) is 45.9 Å². The standard InChI is InChI=1S/C17H21N3O2S/c1-11-15(23-10-19-11)9-18-16(21)20-13-8-17(2,3)22-14-7-5-4-6-12(13)14/h4-7,10,13H,8-9H2,1-3H3,(H2,18,20,21)/t13-/m1/s1. The van der Waals surface area contributed by atoms with Crippen molar-refractivity contribution < 1.29 is 9.53 Å². The molecule has 0 bridgehead atoms. The number of ether oxygens (including phenoxy) is 1. The molecule has 1 aromatic carbocycles. The van der Waals surface area contributed by atoms with Crippen LogP contribution in [0.5, 0.6) is 5.75 Å². The van der Waals surface area contributed by atoms with Crippen LogP contribution in [0.25, 0.3) is 0 Å². The molecule has 2 amide bonds. The van der Waals surface area contributed by atoms with Crippen molar-refractivity contribution in [2.24, 2.45) is 0 Å². The molecule has 1 aliphatic heterocycles. The summed E-state index contributed by atoms with van der Waals surface area (Å²) >= 11 is 1.55. The molecule has 0 radical (unpaired) electrons. The molecule has 0 unspecified atom stereocenters. The van der Waals surface area contributed by atoms with Crippen LogP contribution in [0.3, 0.4) is 0 Å². The van der Waals surface area contributed by atoms with Crippen molar-refractivity contribution in [2.45, 2.75) is 45.4 Å². The van der Waals surface area contributed by atoms with Gasteiger partial charge < -0.3 is 15.4 Å². The second-order valence-corrected chi connectivity index (χ2v) is 7.28. The van der Waals surface area contributed by atoms with Crippen molar-refractivity contribution in [1.29, 1.82) is 0 Å². The number of aryl methyl sites for hydroxylation is 1. The first-order valence-electron chi connectivity index (χ1n) is 7.66. The lowest BCUT2D eigenvalue weighted by atomic mass is 9.90. The number of hydrogen-bond donors (Lipinski definition) is 2. The predicted molar refractivity (Wildman–Crippen MR) is 90.7 cm³/mol. The van der Waals surface area contributed by atoms with E-state index in [0.717, 1.165) is 28.3 Å². The van der Waals surface area contributed by atoms with Crippen LogP contribution in [0.4, 0.5) is 4.79 Å². The number of carbonyl (C=O) groups excluding carboxylic acids is 1. The van der Waals surface area contributed by atoms with Crippen LogP contribution in [-0.4, -0.2) is 16.6 Å². The average Bonchev–Trinajstić information content (AvgIpc) is 2.89. The summed E-state index contributed by atoms with van der Waals surface area (Å²) in [4.78, 5) is 17.5. The molecule has 1 aromatic heterocycles. The zero-order chi connectivity index (χ0) is 16.4. The Morgan fingerprint density at radius 3 is 2.96 bits per heavy atom. The normalized spacial score (nSPS) is 18.7. The van der Waals surface area contributed by atoms with Crippen LogP contribution in [0.15, 0.2) is 29.8 Å². The predicted octanol–water partition coefficient (Wildman–Crippen LogP) is 3.55. The van der Waals surface area contributed by atoms with Gasteiger partial charge in [-0.1, -0.05) is 18.2 Å². The average molecular weight is 331 g/mol. The Kier molecular flexibility index (Phi) is 4.26. The van der Waals surface area contributed by atoms with Gasteiger partial charge in [-0.2, -0.15) is 0 Å². The van der Waals surface area contributed by atoms with Gasteiger partial charge in [0.15, 0.2) is 0 Å². The third-order valence-electron chi connectivity index (χ3n) is 3.94. The minimum atomic E-state index is -0.305. The number of thiazole rings is 1. The first-order valence-corrected chi connectivity index (χ1v) is 8.54. The number of nitrogens with one attached hydrogen (secondary N) is 2. The maximum Gasteiger partial charge on any atom is 0.315 e. The summed E-state index contributed by atoms with van der Waals surface area (Å²) in [5, 5.41) is 5.98. The van der Waals surface area contributed by atoms with Gasteiger partial charge in [-0.3, -0.25) is 0 Å². The summed E-state index contributed by atoms with van der Waals surface area (Å²) in [7, 11) is 0. The molecule has 5 nitrogen and oxygen atoms in total. The first-order chi connectivity index (χ1) is 10.9. The van der Waals surface area contributed by atoms with Crippen molar-refractivity contribution in [2.75, 3.05) is 0 Å². The van der Waals surface area contributed by atoms with Gasteiger partial charge in [0, 0.05) is 16.9 Å². The van der Waals surface area contributed by atoms with Gasteiger partial charge in [0.25, 0.3) is 0 Å². The smallest absolute Gasteiger partial charge is 0.315 e. The fourth-order valence-corrected chi connectivity index (χ4v) is 3.51. The fourth-order valence-electron chi connectivity index (χ4n) is 2.80. The van der Waals surface area contributed by atoms with Crippen molar-refractivity contribution >= 4 is 17.4 Å². The van der Waals surface area contributed by atoms with Gasteiger partial charge >= 0.3 is 6.03 Å². The monoisotopic (exact) mass is 331 g/mol. The Bertz CT molecular complexity index is 711. The molecule has 0 saturated carbocycles. The van der Waals surface area contributed by atoms with Gasteiger partial charge in [0.1, 0.15) is 11.4 Å². The Morgan fingerprint density at radius 1 is 1.43 bits per heavy atom. The number of urea groups is 1. The second kappa shape index (κ2) is 6.20. The van der Waals surface area contributed by atoms with Crippen LogP contribution in [0.1, 0.15) is 42.4 Å². The quantitative estimate of drug-likeness (QED) is 0.904. The lowest BCUT2D eigenvalue weighted by Crippen LogP contribution is -2.44. The zero-order valence-corrected chi connectivity index (χ0v) is 14.4. The van der Waals surface area contributed by atoms with Gasteiger partial charge in [-0.25, -0.2) is 9.78 Å². The molecule has 122 valence electrons. The molecule has 1 atom stereocenters. The van der Waals surface area contributed by atoms with Gasteiger partial charge in [-0.05, 0) is 26.8 Å². The molecular formula is C17H21N3O2S. The molecule has 0 aliphatic carbocycles. The third-order valence-corrected chi connectivity index (χ3v) is 4.87. The summed E-state index contributed by atoms with van der Waals surface area (Å²) < 4.78 is 5.99. The molecule has 0 spiro atoms. The van der Waals surface area contributed by atoms with E-state index in [2.05, 4.69) is 15.6 Å². The van der Waals surface area contributed by atoms with E-state index in [1.165, 1.54) is 0 Å². The highest BCUT2D eigenvalue weighted by atomic mass is 32.1. The SMILES string of the molecule is Cc1ncsc1CNC(=O)N[C@@H]1CC(C)(C)Oc2ccccc21. The Hall–Kier alpha value is -2.08. The van der Waals surface area contributed by atoms with E-state index in [1.54, 1.807) is 16.8 Å². The lowest BCUT2D eigenvalue weighted by Gasteiger charge is -2.37. The number of aromatic nitrogens is 1. The summed E-state index contributed by atoms with van der Waals surface area (Å²) in [6.07, 6.45) is 0.733. The van der Waals surface area contributed by atoms with Crippen LogP contribution < -0.4 is 15.4 Å². The largest absolute Gasteiger partial charge is 0.487 e. The van der Waals surface area contributed by atoms with E-state index in [4.69, 9.17) is 4.74 Å². The number of fused-ring (bicyclic) bond motifs is 1. The topological polar surface area (TPSA) is 63.2 Å². The number of para-hydroxylation sites is 1. The van der Waals surface area contributed by atoms with Gasteiger partial charge in [0.05, 0.1) is 23.8 Å². The summed E-state index contributed by atoms with van der Waals surface area (Å²) in [6.45, 7) is 6.52. The minimum Gasteiger partial charge on any atom is -0.487 e. The lowest BCUT2D eigenvalue weighted by molar-refractivity contribution is 0.0679. The van der Waals surface area contributed by atoms with Crippen LogP contribution in [0.2, 0.25) is 0 Å². The number of carbonyl (C=O) groups is 1. The summed E-state index contributed by atoms with van der Waals surface area (Å²) in [5.74, 6) is 0.840. The molecule has 1 aliphatic rings. The number of rotatable bonds is 3. The summed E-state index contributed by atoms with van der Waals surface area (Å²) in [5.41, 5.74) is 3.48. The number of benzene rings is 1. The number of hydrogen-bond acceptors (Lipinski definition) is 4. The molecule has 3 rings (SSSR count). The highest BCUT2D eigenvalue weighted by molar-refractivity contribution is 7.09. The van der Waals surface area contributed by atoms with Gasteiger partial charge in [-0.15, -0.1) is 11.3 Å². The fraction of sp³-hybridized carbons (Fsp3) is 0.412. The maximum absolute atomic E-state index is 12.3. The molecular weight excluding hydrogens is 310 g/mol. The number of nitrogens with zero attached hydrogens (tertiary/aromatic N) is 1. The second-order valence-electron chi connectivity index (χ2n) is 6.34. The molecule has 2 heterocycles. The first kappa shape index (κ1) is 15.8. The van der Waals surface area contributed by atoms with E-state index in [-0.39, 0.29) is 17.7 Å². The van der Waals surface area contributed by atoms with E-state index in [0.29, 0.717) is 6.54 Å². The van der Waals surface area contributed by atoms with Crippen molar-refractivity contribution in [3.63, 3.8) is 0 Å². The minimum absolute atomic E-state index is 0.0579. The molecule has 23 heavy (non-hydrogen) atoms. The highest BCUT2D eigenvalue weighted by Crippen LogP contribution is 2.39. The molecule has 6 heteroatoms.